The van der Waals surface area contributed by atoms with E-state index in [9.17, 15) is 29.1 Å². The Morgan fingerprint density at radius 2 is 1.41 bits per heavy atom. The lowest BCUT2D eigenvalue weighted by atomic mass is 10.0. The lowest BCUT2D eigenvalue weighted by molar-refractivity contribution is -0.142. The first-order chi connectivity index (χ1) is 13.4. The highest BCUT2D eigenvalue weighted by molar-refractivity contribution is 7.80. The SMILES string of the molecule is CC(C)CC(N)C(=O)NC(CC(N)=O)C(=O)NC(CO)C(=O)NC(CS)C(=O)O. The van der Waals surface area contributed by atoms with Gasteiger partial charge in [0.2, 0.25) is 23.6 Å². The number of aliphatic carboxylic acids is 1. The molecule has 0 rings (SSSR count). The standard InChI is InChI=1S/C16H29N5O7S/c1-7(2)3-8(17)13(24)19-9(4-12(18)23)14(25)20-10(5-22)15(26)21-11(6-29)16(27)28/h7-11,22,29H,3-6,17H2,1-2H3,(H2,18,23)(H,19,24)(H,20,25)(H,21,26)(H,27,28). The predicted molar refractivity (Wildman–Crippen MR) is 106 cm³/mol. The number of hydrogen-bond acceptors (Lipinski definition) is 8. The molecule has 29 heavy (non-hydrogen) atoms. The number of rotatable bonds is 13. The lowest BCUT2D eigenvalue weighted by Crippen LogP contribution is -2.58. The molecule has 0 saturated heterocycles. The van der Waals surface area contributed by atoms with Crippen LogP contribution in [0, 0.1) is 5.92 Å². The summed E-state index contributed by atoms with van der Waals surface area (Å²) in [5.41, 5.74) is 10.8. The van der Waals surface area contributed by atoms with Gasteiger partial charge >= 0.3 is 5.97 Å². The van der Waals surface area contributed by atoms with Crippen molar-refractivity contribution in [2.75, 3.05) is 12.4 Å². The fourth-order valence-electron chi connectivity index (χ4n) is 2.23. The summed E-state index contributed by atoms with van der Waals surface area (Å²) in [5, 5.41) is 24.8. The van der Waals surface area contributed by atoms with Gasteiger partial charge in [0.1, 0.15) is 18.1 Å². The molecule has 9 N–H and O–H groups in total. The molecule has 0 fully saturated rings. The number of primary amides is 1. The zero-order valence-electron chi connectivity index (χ0n) is 16.3. The maximum Gasteiger partial charge on any atom is 0.327 e. The molecule has 0 spiro atoms. The van der Waals surface area contributed by atoms with Crippen LogP contribution in [-0.4, -0.2) is 76.3 Å². The molecule has 0 aromatic rings. The van der Waals surface area contributed by atoms with E-state index in [1.807, 2.05) is 13.8 Å². The van der Waals surface area contributed by atoms with Gasteiger partial charge in [-0.1, -0.05) is 13.8 Å². The van der Waals surface area contributed by atoms with Crippen molar-refractivity contribution in [3.63, 3.8) is 0 Å². The summed E-state index contributed by atoms with van der Waals surface area (Å²) in [7, 11) is 0. The molecule has 0 aromatic carbocycles. The number of hydrogen-bond donors (Lipinski definition) is 8. The molecule has 4 amide bonds. The Kier molecular flexibility index (Phi) is 11.9. The molecular formula is C16H29N5O7S. The highest BCUT2D eigenvalue weighted by atomic mass is 32.1. The van der Waals surface area contributed by atoms with Crippen LogP contribution in [0.2, 0.25) is 0 Å². The van der Waals surface area contributed by atoms with Gasteiger partial charge in [0.15, 0.2) is 0 Å². The van der Waals surface area contributed by atoms with Gasteiger partial charge in [0, 0.05) is 5.75 Å². The third kappa shape index (κ3) is 10.1. The van der Waals surface area contributed by atoms with Crippen LogP contribution in [0.25, 0.3) is 0 Å². The van der Waals surface area contributed by atoms with Crippen molar-refractivity contribution in [3.8, 4) is 0 Å². The Hall–Kier alpha value is -2.38. The Balaban J connectivity index is 5.18. The van der Waals surface area contributed by atoms with Crippen molar-refractivity contribution in [2.45, 2.75) is 50.9 Å². The van der Waals surface area contributed by atoms with E-state index in [2.05, 4.69) is 28.6 Å². The normalized spacial score (nSPS) is 15.0. The van der Waals surface area contributed by atoms with Gasteiger partial charge < -0.3 is 37.6 Å². The van der Waals surface area contributed by atoms with Crippen LogP contribution in [0.4, 0.5) is 0 Å². The number of nitrogens with two attached hydrogens (primary N) is 2. The number of nitrogens with one attached hydrogen (secondary N) is 3. The molecule has 4 unspecified atom stereocenters. The van der Waals surface area contributed by atoms with Crippen molar-refractivity contribution in [1.82, 2.24) is 16.0 Å². The van der Waals surface area contributed by atoms with E-state index in [0.29, 0.717) is 6.42 Å². The van der Waals surface area contributed by atoms with Crippen LogP contribution in [0.3, 0.4) is 0 Å². The number of carbonyl (C=O) groups is 5. The molecular weight excluding hydrogens is 406 g/mol. The van der Waals surface area contributed by atoms with Crippen molar-refractivity contribution < 1.29 is 34.2 Å². The van der Waals surface area contributed by atoms with Crippen molar-refractivity contribution in [1.29, 1.82) is 0 Å². The molecule has 0 radical (unpaired) electrons. The summed E-state index contributed by atoms with van der Waals surface area (Å²) in [6.45, 7) is 2.83. The third-order valence-corrected chi connectivity index (χ3v) is 4.08. The number of thiol groups is 1. The third-order valence-electron chi connectivity index (χ3n) is 3.71. The number of carbonyl (C=O) groups excluding carboxylic acids is 4. The van der Waals surface area contributed by atoms with E-state index in [1.165, 1.54) is 0 Å². The largest absolute Gasteiger partial charge is 0.480 e. The van der Waals surface area contributed by atoms with Gasteiger partial charge in [-0.25, -0.2) is 4.79 Å². The number of carboxylic acid groups (broad SMARTS) is 1. The Labute approximate surface area is 173 Å². The monoisotopic (exact) mass is 435 g/mol. The van der Waals surface area contributed by atoms with Gasteiger partial charge in [-0.2, -0.15) is 12.6 Å². The minimum atomic E-state index is -1.53. The van der Waals surface area contributed by atoms with Crippen LogP contribution >= 0.6 is 12.6 Å². The molecule has 0 aliphatic rings. The number of amides is 4. The Morgan fingerprint density at radius 1 is 0.931 bits per heavy atom. The second kappa shape index (κ2) is 13.0. The highest BCUT2D eigenvalue weighted by Gasteiger charge is 2.30. The second-order valence-electron chi connectivity index (χ2n) is 6.79. The average Bonchev–Trinajstić information content (AvgIpc) is 2.61. The highest BCUT2D eigenvalue weighted by Crippen LogP contribution is 2.04. The van der Waals surface area contributed by atoms with Crippen LogP contribution in [0.15, 0.2) is 0 Å². The smallest absolute Gasteiger partial charge is 0.327 e. The first-order valence-electron chi connectivity index (χ1n) is 8.82. The van der Waals surface area contributed by atoms with Crippen LogP contribution in [0.1, 0.15) is 26.7 Å². The quantitative estimate of drug-likeness (QED) is 0.137. The number of carboxylic acids is 1. The number of aliphatic hydroxyl groups is 1. The van der Waals surface area contributed by atoms with Gasteiger partial charge in [-0.3, -0.25) is 19.2 Å². The summed E-state index contributed by atoms with van der Waals surface area (Å²) < 4.78 is 0. The molecule has 166 valence electrons. The van der Waals surface area contributed by atoms with Gasteiger partial charge in [-0.05, 0) is 12.3 Å². The molecule has 0 saturated carbocycles. The summed E-state index contributed by atoms with van der Waals surface area (Å²) in [5.74, 6) is -5.00. The minimum Gasteiger partial charge on any atom is -0.480 e. The lowest BCUT2D eigenvalue weighted by Gasteiger charge is -2.23. The molecule has 0 bridgehead atoms. The maximum absolute atomic E-state index is 12.4. The fraction of sp³-hybridized carbons (Fsp3) is 0.688. The van der Waals surface area contributed by atoms with Crippen LogP contribution in [-0.2, 0) is 24.0 Å². The summed E-state index contributed by atoms with van der Waals surface area (Å²) >= 11 is 3.79. The number of aliphatic hydroxyl groups excluding tert-OH is 1. The van der Waals surface area contributed by atoms with Crippen LogP contribution < -0.4 is 27.4 Å². The van der Waals surface area contributed by atoms with E-state index in [-0.39, 0.29) is 11.7 Å². The summed E-state index contributed by atoms with van der Waals surface area (Å²) in [4.78, 5) is 58.9. The van der Waals surface area contributed by atoms with Crippen molar-refractivity contribution in [3.05, 3.63) is 0 Å². The van der Waals surface area contributed by atoms with Gasteiger partial charge in [0.25, 0.3) is 0 Å². The molecule has 0 aromatic heterocycles. The second-order valence-corrected chi connectivity index (χ2v) is 7.16. The fourth-order valence-corrected chi connectivity index (χ4v) is 2.48. The molecule has 0 aliphatic carbocycles. The molecule has 13 heteroatoms. The van der Waals surface area contributed by atoms with E-state index >= 15 is 0 Å². The van der Waals surface area contributed by atoms with E-state index in [4.69, 9.17) is 16.6 Å². The van der Waals surface area contributed by atoms with E-state index < -0.39 is 66.8 Å². The molecule has 12 nitrogen and oxygen atoms in total. The summed E-state index contributed by atoms with van der Waals surface area (Å²) in [6, 6.07) is -5.23. The summed E-state index contributed by atoms with van der Waals surface area (Å²) in [6.07, 6.45) is -0.237. The first-order valence-corrected chi connectivity index (χ1v) is 9.45. The zero-order valence-corrected chi connectivity index (χ0v) is 17.1. The van der Waals surface area contributed by atoms with Crippen LogP contribution in [0.5, 0.6) is 0 Å². The van der Waals surface area contributed by atoms with Gasteiger partial charge in [-0.15, -0.1) is 0 Å². The molecule has 0 aliphatic heterocycles. The Morgan fingerprint density at radius 3 is 1.83 bits per heavy atom. The van der Waals surface area contributed by atoms with Crippen molar-refractivity contribution in [2.24, 2.45) is 17.4 Å². The zero-order chi connectivity index (χ0) is 22.7. The average molecular weight is 436 g/mol. The molecule has 4 atom stereocenters. The predicted octanol–water partition coefficient (Wildman–Crippen LogP) is -3.30. The topological polar surface area (TPSA) is 214 Å². The van der Waals surface area contributed by atoms with E-state index in [0.717, 1.165) is 0 Å². The maximum atomic E-state index is 12.4. The first kappa shape index (κ1) is 26.6. The van der Waals surface area contributed by atoms with Crippen molar-refractivity contribution >= 4 is 42.2 Å². The molecule has 0 heterocycles. The Bertz CT molecular complexity index is 616. The minimum absolute atomic E-state index is 0.107. The van der Waals surface area contributed by atoms with E-state index in [1.54, 1.807) is 0 Å². The van der Waals surface area contributed by atoms with Gasteiger partial charge in [0.05, 0.1) is 19.1 Å².